The first-order valence-corrected chi connectivity index (χ1v) is 7.22. The molecule has 1 N–H and O–H groups in total. The molecule has 0 radical (unpaired) electrons. The van der Waals surface area contributed by atoms with Crippen LogP contribution in [0.2, 0.25) is 0 Å². The molecule has 5 heteroatoms. The van der Waals surface area contributed by atoms with Crippen LogP contribution in [0.1, 0.15) is 21.6 Å². The van der Waals surface area contributed by atoms with E-state index in [0.717, 1.165) is 16.7 Å². The van der Waals surface area contributed by atoms with E-state index in [1.54, 1.807) is 6.07 Å². The number of amides is 1. The highest BCUT2D eigenvalue weighted by molar-refractivity contribution is 5.92. The van der Waals surface area contributed by atoms with Gasteiger partial charge < -0.3 is 4.52 Å². The van der Waals surface area contributed by atoms with Crippen molar-refractivity contribution in [3.05, 3.63) is 77.5 Å². The molecular weight excluding hydrogens is 292 g/mol. The van der Waals surface area contributed by atoms with Crippen LogP contribution in [0, 0.1) is 6.92 Å². The minimum atomic E-state index is -0.442. The molecule has 3 aromatic rings. The van der Waals surface area contributed by atoms with Crippen molar-refractivity contribution in [1.29, 1.82) is 0 Å². The van der Waals surface area contributed by atoms with Crippen LogP contribution in [0.3, 0.4) is 0 Å². The minimum absolute atomic E-state index is 0.175. The Labute approximate surface area is 133 Å². The Hall–Kier alpha value is -2.92. The van der Waals surface area contributed by atoms with Crippen LogP contribution in [0.4, 0.5) is 0 Å². The molecule has 0 atom stereocenters. The molecule has 0 aliphatic rings. The number of carbonyl (C=O) groups excluding carboxylic acids is 1. The number of carbonyl (C=O) groups is 1. The van der Waals surface area contributed by atoms with Gasteiger partial charge in [-0.05, 0) is 12.5 Å². The predicted octanol–water partition coefficient (Wildman–Crippen LogP) is 3.51. The van der Waals surface area contributed by atoms with Gasteiger partial charge in [0.15, 0.2) is 11.5 Å². The molecular formula is C18H16N2O3. The van der Waals surface area contributed by atoms with Gasteiger partial charge in [-0.3, -0.25) is 9.63 Å². The number of aryl methyl sites for hydroxylation is 1. The van der Waals surface area contributed by atoms with Gasteiger partial charge in [0.05, 0.1) is 6.61 Å². The highest BCUT2D eigenvalue weighted by Crippen LogP contribution is 2.20. The normalized spacial score (nSPS) is 10.5. The summed E-state index contributed by atoms with van der Waals surface area (Å²) in [6, 6.07) is 18.9. The van der Waals surface area contributed by atoms with Crippen molar-refractivity contribution >= 4 is 5.91 Å². The van der Waals surface area contributed by atoms with Crippen molar-refractivity contribution in [2.75, 3.05) is 0 Å². The zero-order valence-electron chi connectivity index (χ0n) is 12.7. The number of aromatic nitrogens is 1. The smallest absolute Gasteiger partial charge is 0.297 e. The van der Waals surface area contributed by atoms with E-state index in [1.807, 2.05) is 61.5 Å². The summed E-state index contributed by atoms with van der Waals surface area (Å²) in [5.41, 5.74) is 5.52. The Bertz CT molecular complexity index is 780. The van der Waals surface area contributed by atoms with Crippen LogP contribution in [-0.4, -0.2) is 11.1 Å². The van der Waals surface area contributed by atoms with Crippen molar-refractivity contribution in [2.24, 2.45) is 0 Å². The lowest BCUT2D eigenvalue weighted by Crippen LogP contribution is -2.23. The zero-order valence-corrected chi connectivity index (χ0v) is 12.7. The molecule has 0 bridgehead atoms. The van der Waals surface area contributed by atoms with E-state index in [1.165, 1.54) is 0 Å². The van der Waals surface area contributed by atoms with E-state index >= 15 is 0 Å². The summed E-state index contributed by atoms with van der Waals surface area (Å²) in [4.78, 5) is 17.2. The number of hydrogen-bond donors (Lipinski definition) is 1. The number of hydroxylamine groups is 1. The SMILES string of the molecule is Cc1ccc(-c2cc(C(=O)NOCc3ccccc3)no2)cc1. The second kappa shape index (κ2) is 6.89. The summed E-state index contributed by atoms with van der Waals surface area (Å²) in [5.74, 6) is 0.0984. The average molecular weight is 308 g/mol. The summed E-state index contributed by atoms with van der Waals surface area (Å²) in [5, 5.41) is 3.77. The maximum Gasteiger partial charge on any atom is 0.297 e. The van der Waals surface area contributed by atoms with Crippen LogP contribution in [0.15, 0.2) is 65.2 Å². The van der Waals surface area contributed by atoms with Gasteiger partial charge in [0.2, 0.25) is 0 Å². The molecule has 0 spiro atoms. The lowest BCUT2D eigenvalue weighted by molar-refractivity contribution is 0.0226. The molecule has 0 saturated carbocycles. The topological polar surface area (TPSA) is 64.4 Å². The highest BCUT2D eigenvalue weighted by Gasteiger charge is 2.13. The largest absolute Gasteiger partial charge is 0.355 e. The van der Waals surface area contributed by atoms with E-state index in [9.17, 15) is 4.79 Å². The van der Waals surface area contributed by atoms with Gasteiger partial charge in [0.1, 0.15) is 0 Å². The molecule has 0 aliphatic heterocycles. The van der Waals surface area contributed by atoms with Crippen LogP contribution < -0.4 is 5.48 Å². The second-order valence-electron chi connectivity index (χ2n) is 5.15. The number of rotatable bonds is 5. The van der Waals surface area contributed by atoms with Crippen LogP contribution in [0.25, 0.3) is 11.3 Å². The van der Waals surface area contributed by atoms with Crippen molar-refractivity contribution in [2.45, 2.75) is 13.5 Å². The number of hydrogen-bond acceptors (Lipinski definition) is 4. The van der Waals surface area contributed by atoms with Crippen LogP contribution in [-0.2, 0) is 11.4 Å². The molecule has 0 aliphatic carbocycles. The molecule has 23 heavy (non-hydrogen) atoms. The zero-order chi connectivity index (χ0) is 16.1. The molecule has 1 heterocycles. The van der Waals surface area contributed by atoms with Gasteiger partial charge in [-0.25, -0.2) is 5.48 Å². The average Bonchev–Trinajstić information content (AvgIpc) is 3.06. The second-order valence-corrected chi connectivity index (χ2v) is 5.15. The Balaban J connectivity index is 1.59. The fraction of sp³-hybridized carbons (Fsp3) is 0.111. The molecule has 0 fully saturated rings. The molecule has 3 rings (SSSR count). The number of nitrogens with one attached hydrogen (secondary N) is 1. The van der Waals surface area contributed by atoms with Gasteiger partial charge in [0, 0.05) is 11.6 Å². The standard InChI is InChI=1S/C18H16N2O3/c1-13-7-9-15(10-8-13)17-11-16(19-23-17)18(21)20-22-12-14-5-3-2-4-6-14/h2-11H,12H2,1H3,(H,20,21). The maximum absolute atomic E-state index is 12.0. The Morgan fingerprint density at radius 1 is 1.13 bits per heavy atom. The van der Waals surface area contributed by atoms with Gasteiger partial charge in [0.25, 0.3) is 5.91 Å². The van der Waals surface area contributed by atoms with Crippen molar-refractivity contribution in [1.82, 2.24) is 10.6 Å². The summed E-state index contributed by atoms with van der Waals surface area (Å²) < 4.78 is 5.21. The molecule has 0 unspecified atom stereocenters. The predicted molar refractivity (Wildman–Crippen MR) is 85.4 cm³/mol. The van der Waals surface area contributed by atoms with E-state index in [-0.39, 0.29) is 12.3 Å². The van der Waals surface area contributed by atoms with E-state index in [0.29, 0.717) is 5.76 Å². The summed E-state index contributed by atoms with van der Waals surface area (Å²) in [7, 11) is 0. The molecule has 2 aromatic carbocycles. The Morgan fingerprint density at radius 2 is 1.87 bits per heavy atom. The van der Waals surface area contributed by atoms with Crippen molar-refractivity contribution in [3.8, 4) is 11.3 Å². The van der Waals surface area contributed by atoms with E-state index < -0.39 is 5.91 Å². The number of nitrogens with zero attached hydrogens (tertiary/aromatic N) is 1. The third kappa shape index (κ3) is 3.84. The van der Waals surface area contributed by atoms with Gasteiger partial charge in [-0.1, -0.05) is 65.3 Å². The third-order valence-electron chi connectivity index (χ3n) is 3.33. The fourth-order valence-electron chi connectivity index (χ4n) is 2.05. The van der Waals surface area contributed by atoms with E-state index in [4.69, 9.17) is 9.36 Å². The van der Waals surface area contributed by atoms with E-state index in [2.05, 4.69) is 10.6 Å². The van der Waals surface area contributed by atoms with Gasteiger partial charge >= 0.3 is 0 Å². The minimum Gasteiger partial charge on any atom is -0.355 e. The summed E-state index contributed by atoms with van der Waals surface area (Å²) in [6.07, 6.45) is 0. The summed E-state index contributed by atoms with van der Waals surface area (Å²) >= 11 is 0. The highest BCUT2D eigenvalue weighted by atomic mass is 16.7. The lowest BCUT2D eigenvalue weighted by Gasteiger charge is -2.03. The fourth-order valence-corrected chi connectivity index (χ4v) is 2.05. The maximum atomic E-state index is 12.0. The van der Waals surface area contributed by atoms with Crippen molar-refractivity contribution in [3.63, 3.8) is 0 Å². The molecule has 116 valence electrons. The first-order chi connectivity index (χ1) is 11.2. The first-order valence-electron chi connectivity index (χ1n) is 7.22. The van der Waals surface area contributed by atoms with Crippen LogP contribution in [0.5, 0.6) is 0 Å². The quantitative estimate of drug-likeness (QED) is 0.733. The molecule has 5 nitrogen and oxygen atoms in total. The monoisotopic (exact) mass is 308 g/mol. The lowest BCUT2D eigenvalue weighted by atomic mass is 10.1. The third-order valence-corrected chi connectivity index (χ3v) is 3.33. The Morgan fingerprint density at radius 3 is 2.61 bits per heavy atom. The van der Waals surface area contributed by atoms with Gasteiger partial charge in [-0.15, -0.1) is 0 Å². The molecule has 1 amide bonds. The van der Waals surface area contributed by atoms with Crippen molar-refractivity contribution < 1.29 is 14.2 Å². The van der Waals surface area contributed by atoms with Crippen LogP contribution >= 0.6 is 0 Å². The number of benzene rings is 2. The summed E-state index contributed by atoms with van der Waals surface area (Å²) in [6.45, 7) is 2.29. The molecule has 1 aromatic heterocycles. The molecule has 0 saturated heterocycles. The first kappa shape index (κ1) is 15.0. The Kier molecular flexibility index (Phi) is 4.49. The van der Waals surface area contributed by atoms with Gasteiger partial charge in [-0.2, -0.15) is 0 Å².